The number of hydrogen-bond acceptors (Lipinski definition) is 2. The highest BCUT2D eigenvalue weighted by molar-refractivity contribution is 7.80. The third-order valence-electron chi connectivity index (χ3n) is 2.84. The molecule has 2 unspecified atom stereocenters. The molecule has 2 heteroatoms. The van der Waals surface area contributed by atoms with Crippen LogP contribution in [0.15, 0.2) is 12.2 Å². The fraction of sp³-hybridized carbons (Fsp3) is 0.833. The van der Waals surface area contributed by atoms with Crippen molar-refractivity contribution in [3.8, 4) is 0 Å². The minimum Gasteiger partial charge on any atom is -0.374 e. The molecule has 1 aliphatic rings. The average molecular weight is 214 g/mol. The Morgan fingerprint density at radius 3 is 2.36 bits per heavy atom. The Balaban J connectivity index is 2.20. The molecule has 1 nitrogen and oxygen atoms in total. The minimum atomic E-state index is 0.485. The molecular weight excluding hydrogens is 192 g/mol. The highest BCUT2D eigenvalue weighted by Gasteiger charge is 2.23. The van der Waals surface area contributed by atoms with Crippen LogP contribution in [-0.4, -0.2) is 18.5 Å². The summed E-state index contributed by atoms with van der Waals surface area (Å²) in [7, 11) is 0. The van der Waals surface area contributed by atoms with Gasteiger partial charge in [0.2, 0.25) is 0 Å². The molecule has 2 atom stereocenters. The van der Waals surface area contributed by atoms with Gasteiger partial charge in [-0.1, -0.05) is 26.0 Å². The second-order valence-electron chi connectivity index (χ2n) is 4.53. The number of ether oxygens (including phenoxy) is 1. The standard InChI is InChI=1S/C12H22OS/c1-10-7-11(2)9-12(8-10)13-5-3-4-6-14/h3-4,10-12,14H,5-9H2,1-2H3. The van der Waals surface area contributed by atoms with Crippen LogP contribution in [0, 0.1) is 11.8 Å². The van der Waals surface area contributed by atoms with Gasteiger partial charge in [-0.25, -0.2) is 0 Å². The lowest BCUT2D eigenvalue weighted by Gasteiger charge is -2.31. The summed E-state index contributed by atoms with van der Waals surface area (Å²) in [6.07, 6.45) is 8.43. The molecule has 0 radical (unpaired) electrons. The molecule has 0 aromatic rings. The van der Waals surface area contributed by atoms with Crippen molar-refractivity contribution >= 4 is 12.6 Å². The number of hydrogen-bond donors (Lipinski definition) is 1. The van der Waals surface area contributed by atoms with Crippen molar-refractivity contribution in [1.29, 1.82) is 0 Å². The molecule has 0 amide bonds. The van der Waals surface area contributed by atoms with Gasteiger partial charge in [-0.2, -0.15) is 12.6 Å². The van der Waals surface area contributed by atoms with E-state index in [9.17, 15) is 0 Å². The smallest absolute Gasteiger partial charge is 0.0651 e. The summed E-state index contributed by atoms with van der Waals surface area (Å²) in [6, 6.07) is 0. The molecule has 1 aliphatic carbocycles. The van der Waals surface area contributed by atoms with Crippen molar-refractivity contribution in [1.82, 2.24) is 0 Å². The minimum absolute atomic E-state index is 0.485. The fourth-order valence-electron chi connectivity index (χ4n) is 2.34. The lowest BCUT2D eigenvalue weighted by molar-refractivity contribution is 0.0158. The first-order valence-corrected chi connectivity index (χ1v) is 6.23. The molecule has 0 aliphatic heterocycles. The van der Waals surface area contributed by atoms with Gasteiger partial charge in [-0.05, 0) is 31.1 Å². The highest BCUT2D eigenvalue weighted by atomic mass is 32.1. The van der Waals surface area contributed by atoms with Crippen LogP contribution in [0.1, 0.15) is 33.1 Å². The molecule has 0 N–H and O–H groups in total. The van der Waals surface area contributed by atoms with Gasteiger partial charge in [-0.3, -0.25) is 0 Å². The van der Waals surface area contributed by atoms with Crippen molar-refractivity contribution < 1.29 is 4.74 Å². The Kier molecular flexibility index (Phi) is 5.64. The van der Waals surface area contributed by atoms with E-state index in [0.717, 1.165) is 24.2 Å². The third kappa shape index (κ3) is 4.52. The molecule has 1 fully saturated rings. The zero-order chi connectivity index (χ0) is 10.4. The Morgan fingerprint density at radius 2 is 1.79 bits per heavy atom. The van der Waals surface area contributed by atoms with E-state index < -0.39 is 0 Å². The van der Waals surface area contributed by atoms with Crippen LogP contribution in [0.4, 0.5) is 0 Å². The zero-order valence-electron chi connectivity index (χ0n) is 9.28. The van der Waals surface area contributed by atoms with E-state index in [1.165, 1.54) is 19.3 Å². The number of rotatable bonds is 4. The van der Waals surface area contributed by atoms with Crippen LogP contribution in [0.2, 0.25) is 0 Å². The summed E-state index contributed by atoms with van der Waals surface area (Å²) in [4.78, 5) is 0. The first-order valence-electron chi connectivity index (χ1n) is 5.59. The topological polar surface area (TPSA) is 9.23 Å². The second-order valence-corrected chi connectivity index (χ2v) is 4.89. The Hall–Kier alpha value is 0.0500. The van der Waals surface area contributed by atoms with E-state index in [2.05, 4.69) is 32.6 Å². The number of thiol groups is 1. The molecular formula is C12H22OS. The van der Waals surface area contributed by atoms with Crippen molar-refractivity contribution in [3.05, 3.63) is 12.2 Å². The maximum Gasteiger partial charge on any atom is 0.0651 e. The molecule has 0 aromatic carbocycles. The van der Waals surface area contributed by atoms with Gasteiger partial charge in [0.1, 0.15) is 0 Å². The zero-order valence-corrected chi connectivity index (χ0v) is 10.2. The van der Waals surface area contributed by atoms with Crippen LogP contribution in [0.5, 0.6) is 0 Å². The van der Waals surface area contributed by atoms with Crippen molar-refractivity contribution in [2.45, 2.75) is 39.2 Å². The van der Waals surface area contributed by atoms with E-state index in [1.54, 1.807) is 0 Å². The second kappa shape index (κ2) is 6.52. The summed E-state index contributed by atoms with van der Waals surface area (Å²) < 4.78 is 5.81. The van der Waals surface area contributed by atoms with Gasteiger partial charge in [0.05, 0.1) is 12.7 Å². The Morgan fingerprint density at radius 1 is 1.14 bits per heavy atom. The lowest BCUT2D eigenvalue weighted by atomic mass is 9.82. The maximum absolute atomic E-state index is 5.81. The van der Waals surface area contributed by atoms with Gasteiger partial charge in [-0.15, -0.1) is 0 Å². The van der Waals surface area contributed by atoms with Gasteiger partial charge < -0.3 is 4.74 Å². The van der Waals surface area contributed by atoms with Gasteiger partial charge in [0.25, 0.3) is 0 Å². The summed E-state index contributed by atoms with van der Waals surface area (Å²) >= 11 is 4.11. The van der Waals surface area contributed by atoms with E-state index in [1.807, 2.05) is 6.08 Å². The van der Waals surface area contributed by atoms with Crippen LogP contribution >= 0.6 is 12.6 Å². The predicted molar refractivity (Wildman–Crippen MR) is 64.9 cm³/mol. The average Bonchev–Trinajstić information content (AvgIpc) is 2.11. The van der Waals surface area contributed by atoms with Gasteiger partial charge >= 0.3 is 0 Å². The molecule has 0 saturated heterocycles. The van der Waals surface area contributed by atoms with E-state index in [-0.39, 0.29) is 0 Å². The molecule has 0 heterocycles. The van der Waals surface area contributed by atoms with E-state index in [4.69, 9.17) is 4.74 Å². The molecule has 0 bridgehead atoms. The van der Waals surface area contributed by atoms with Crippen molar-refractivity contribution in [2.24, 2.45) is 11.8 Å². The third-order valence-corrected chi connectivity index (χ3v) is 3.05. The Bertz CT molecular complexity index is 169. The summed E-state index contributed by atoms with van der Waals surface area (Å²) in [5, 5.41) is 0. The largest absolute Gasteiger partial charge is 0.374 e. The fourth-order valence-corrected chi connectivity index (χ4v) is 2.49. The predicted octanol–water partition coefficient (Wildman–Crippen LogP) is 3.31. The Labute approximate surface area is 93.3 Å². The molecule has 0 spiro atoms. The normalized spacial score (nSPS) is 33.8. The quantitative estimate of drug-likeness (QED) is 0.558. The summed E-state index contributed by atoms with van der Waals surface area (Å²) in [5.74, 6) is 2.47. The van der Waals surface area contributed by atoms with E-state index in [0.29, 0.717) is 6.10 Å². The summed E-state index contributed by atoms with van der Waals surface area (Å²) in [6.45, 7) is 5.41. The van der Waals surface area contributed by atoms with Crippen molar-refractivity contribution in [2.75, 3.05) is 12.4 Å². The van der Waals surface area contributed by atoms with Crippen LogP contribution in [0.3, 0.4) is 0 Å². The van der Waals surface area contributed by atoms with Gasteiger partial charge in [0, 0.05) is 5.75 Å². The van der Waals surface area contributed by atoms with Crippen LogP contribution < -0.4 is 0 Å². The van der Waals surface area contributed by atoms with Crippen LogP contribution in [0.25, 0.3) is 0 Å². The maximum atomic E-state index is 5.81. The molecule has 1 rings (SSSR count). The molecule has 82 valence electrons. The summed E-state index contributed by atoms with van der Waals surface area (Å²) in [5.41, 5.74) is 0. The van der Waals surface area contributed by atoms with Gasteiger partial charge in [0.15, 0.2) is 0 Å². The monoisotopic (exact) mass is 214 g/mol. The van der Waals surface area contributed by atoms with Crippen LogP contribution in [-0.2, 0) is 4.74 Å². The van der Waals surface area contributed by atoms with E-state index >= 15 is 0 Å². The van der Waals surface area contributed by atoms with Crippen molar-refractivity contribution in [3.63, 3.8) is 0 Å². The first kappa shape index (κ1) is 12.1. The highest BCUT2D eigenvalue weighted by Crippen LogP contribution is 2.30. The lowest BCUT2D eigenvalue weighted by Crippen LogP contribution is -2.26. The molecule has 1 saturated carbocycles. The molecule has 0 aromatic heterocycles. The molecule has 14 heavy (non-hydrogen) atoms. The SMILES string of the molecule is CC1CC(C)CC(OCC=CCS)C1. The first-order chi connectivity index (χ1) is 6.72.